The van der Waals surface area contributed by atoms with Gasteiger partial charge in [0.1, 0.15) is 30.2 Å². The van der Waals surface area contributed by atoms with Crippen molar-refractivity contribution >= 4 is 11.9 Å². The van der Waals surface area contributed by atoms with Crippen molar-refractivity contribution in [3.63, 3.8) is 0 Å². The Morgan fingerprint density at radius 2 is 1.88 bits per heavy atom. The number of aromatic hydroxyl groups is 1. The third-order valence-electron chi connectivity index (χ3n) is 8.31. The Labute approximate surface area is 230 Å². The Morgan fingerprint density at radius 1 is 1.15 bits per heavy atom. The van der Waals surface area contributed by atoms with Gasteiger partial charge in [0.2, 0.25) is 0 Å². The number of hydrogen-bond acceptors (Lipinski definition) is 11. The maximum absolute atomic E-state index is 12.5. The summed E-state index contributed by atoms with van der Waals surface area (Å²) < 4.78 is 22.6. The molecule has 11 heteroatoms. The molecule has 11 nitrogen and oxygen atoms in total. The standard InChI is InChI=1S/C29H34O11/c1-13-18-8-5-16(23(18)26-19(10-20(13)32)14(2)28(36)40-26)12-37-29-25(35)24(34)27(21(11-30)38-29)39-22(33)9-15-3-6-17(31)7-4-15/h3-7,19-21,23-27,29-32,34-35H,2,8-12H2,1H3. The van der Waals surface area contributed by atoms with Crippen LogP contribution in [0.2, 0.25) is 0 Å². The van der Waals surface area contributed by atoms with Crippen molar-refractivity contribution in [2.45, 2.75) is 69.1 Å². The van der Waals surface area contributed by atoms with Gasteiger partial charge in [-0.25, -0.2) is 4.79 Å². The first-order valence-corrected chi connectivity index (χ1v) is 13.3. The van der Waals surface area contributed by atoms with Crippen molar-refractivity contribution in [2.24, 2.45) is 11.8 Å². The summed E-state index contributed by atoms with van der Waals surface area (Å²) >= 11 is 0. The second kappa shape index (κ2) is 11.4. The van der Waals surface area contributed by atoms with Crippen LogP contribution in [0, 0.1) is 11.8 Å². The number of carbonyl (C=O) groups is 2. The number of ether oxygens (including phenoxy) is 4. The predicted molar refractivity (Wildman–Crippen MR) is 137 cm³/mol. The van der Waals surface area contributed by atoms with Crippen molar-refractivity contribution in [3.8, 4) is 5.75 Å². The van der Waals surface area contributed by atoms with Crippen molar-refractivity contribution in [2.75, 3.05) is 13.2 Å². The van der Waals surface area contributed by atoms with Crippen LogP contribution in [0.25, 0.3) is 0 Å². The van der Waals surface area contributed by atoms with E-state index in [4.69, 9.17) is 18.9 Å². The Morgan fingerprint density at radius 3 is 2.58 bits per heavy atom. The molecule has 0 aromatic heterocycles. The summed E-state index contributed by atoms with van der Waals surface area (Å²) in [6, 6.07) is 5.94. The second-order valence-electron chi connectivity index (χ2n) is 10.7. The highest BCUT2D eigenvalue weighted by Crippen LogP contribution is 2.48. The molecule has 0 bridgehead atoms. The summed E-state index contributed by atoms with van der Waals surface area (Å²) in [5, 5.41) is 51.5. The lowest BCUT2D eigenvalue weighted by Gasteiger charge is -2.41. The highest BCUT2D eigenvalue weighted by atomic mass is 16.7. The molecule has 0 spiro atoms. The minimum Gasteiger partial charge on any atom is -0.508 e. The van der Waals surface area contributed by atoms with Gasteiger partial charge in [0.25, 0.3) is 0 Å². The number of rotatable bonds is 7. The van der Waals surface area contributed by atoms with Crippen LogP contribution in [0.4, 0.5) is 0 Å². The number of allylic oxidation sites excluding steroid dienone is 1. The fraction of sp³-hybridized carbons (Fsp3) is 0.517. The van der Waals surface area contributed by atoms with E-state index in [1.807, 2.05) is 13.0 Å². The van der Waals surface area contributed by atoms with Crippen LogP contribution in [-0.2, 0) is 35.0 Å². The summed E-state index contributed by atoms with van der Waals surface area (Å²) in [4.78, 5) is 24.8. The van der Waals surface area contributed by atoms with Gasteiger partial charge in [-0.3, -0.25) is 4.79 Å². The number of benzene rings is 1. The smallest absolute Gasteiger partial charge is 0.334 e. The summed E-state index contributed by atoms with van der Waals surface area (Å²) in [5.74, 6) is -1.84. The van der Waals surface area contributed by atoms with Gasteiger partial charge in [-0.2, -0.15) is 0 Å². The zero-order chi connectivity index (χ0) is 28.7. The van der Waals surface area contributed by atoms with Gasteiger partial charge in [-0.15, -0.1) is 0 Å². The molecule has 9 unspecified atom stereocenters. The number of phenolic OH excluding ortho intramolecular Hbond substituents is 1. The predicted octanol–water partition coefficient (Wildman–Crippen LogP) is 0.427. The molecule has 9 atom stereocenters. The number of hydrogen-bond donors (Lipinski definition) is 5. The fourth-order valence-electron chi connectivity index (χ4n) is 6.01. The van der Waals surface area contributed by atoms with Crippen LogP contribution in [0.15, 0.2) is 59.2 Å². The van der Waals surface area contributed by atoms with Crippen LogP contribution >= 0.6 is 0 Å². The number of carbonyl (C=O) groups excluding carboxylic acids is 2. The second-order valence-corrected chi connectivity index (χ2v) is 10.7. The van der Waals surface area contributed by atoms with E-state index >= 15 is 0 Å². The van der Waals surface area contributed by atoms with Gasteiger partial charge < -0.3 is 44.5 Å². The molecule has 2 heterocycles. The van der Waals surface area contributed by atoms with Gasteiger partial charge in [0.15, 0.2) is 12.4 Å². The molecular formula is C29H34O11. The molecule has 0 amide bonds. The molecule has 0 saturated carbocycles. The molecular weight excluding hydrogens is 524 g/mol. The van der Waals surface area contributed by atoms with Crippen molar-refractivity contribution < 1.29 is 54.1 Å². The van der Waals surface area contributed by atoms with Gasteiger partial charge in [0.05, 0.1) is 25.7 Å². The molecule has 4 aliphatic rings. The lowest BCUT2D eigenvalue weighted by atomic mass is 9.83. The molecule has 5 rings (SSSR count). The van der Waals surface area contributed by atoms with Gasteiger partial charge in [-0.1, -0.05) is 30.4 Å². The summed E-state index contributed by atoms with van der Waals surface area (Å²) in [6.45, 7) is 5.07. The van der Waals surface area contributed by atoms with E-state index in [-0.39, 0.29) is 30.6 Å². The van der Waals surface area contributed by atoms with Crippen molar-refractivity contribution in [1.29, 1.82) is 0 Å². The zero-order valence-corrected chi connectivity index (χ0v) is 22.0. The van der Waals surface area contributed by atoms with Gasteiger partial charge >= 0.3 is 11.9 Å². The number of aliphatic hydroxyl groups is 4. The van der Waals surface area contributed by atoms with E-state index in [0.29, 0.717) is 24.0 Å². The van der Waals surface area contributed by atoms with Crippen molar-refractivity contribution in [1.82, 2.24) is 0 Å². The molecule has 0 radical (unpaired) electrons. The summed E-state index contributed by atoms with van der Waals surface area (Å²) in [7, 11) is 0. The number of phenols is 1. The molecule has 2 fully saturated rings. The van der Waals surface area contributed by atoms with Gasteiger partial charge in [0, 0.05) is 17.4 Å². The first-order chi connectivity index (χ1) is 19.1. The number of esters is 2. The minimum absolute atomic E-state index is 0.0390. The van der Waals surface area contributed by atoms with Gasteiger partial charge in [-0.05, 0) is 48.6 Å². The maximum atomic E-state index is 12.5. The third kappa shape index (κ3) is 5.32. The van der Waals surface area contributed by atoms with E-state index in [9.17, 15) is 35.1 Å². The SMILES string of the molecule is C=C1C(=O)OC2C1CC(O)C(C)=C1CC=C(COC3OC(CO)C(OC(=O)Cc4ccc(O)cc4)C(O)C3O)C12. The zero-order valence-electron chi connectivity index (χ0n) is 22.0. The van der Waals surface area contributed by atoms with E-state index in [2.05, 4.69) is 6.58 Å². The monoisotopic (exact) mass is 558 g/mol. The lowest BCUT2D eigenvalue weighted by molar-refractivity contribution is -0.301. The quantitative estimate of drug-likeness (QED) is 0.178. The minimum atomic E-state index is -1.61. The Balaban J connectivity index is 1.24. The number of aliphatic hydroxyl groups excluding tert-OH is 4. The van der Waals surface area contributed by atoms with Crippen LogP contribution in [0.1, 0.15) is 25.3 Å². The summed E-state index contributed by atoms with van der Waals surface area (Å²) in [5.41, 5.74) is 3.43. The lowest BCUT2D eigenvalue weighted by Crippen LogP contribution is -2.60. The average Bonchev–Trinajstić information content (AvgIpc) is 3.44. The van der Waals surface area contributed by atoms with E-state index < -0.39 is 61.5 Å². The Hall–Kier alpha value is -3.06. The third-order valence-corrected chi connectivity index (χ3v) is 8.31. The molecule has 40 heavy (non-hydrogen) atoms. The Bertz CT molecular complexity index is 1220. The van der Waals surface area contributed by atoms with Crippen molar-refractivity contribution in [3.05, 3.63) is 64.8 Å². The molecule has 5 N–H and O–H groups in total. The van der Waals surface area contributed by atoms with Crippen LogP contribution < -0.4 is 0 Å². The average molecular weight is 559 g/mol. The topological polar surface area (TPSA) is 172 Å². The fourth-order valence-corrected chi connectivity index (χ4v) is 6.01. The number of fused-ring (bicyclic) bond motifs is 3. The summed E-state index contributed by atoms with van der Waals surface area (Å²) in [6.07, 6.45) is -5.69. The van der Waals surface area contributed by atoms with E-state index in [1.54, 1.807) is 12.1 Å². The highest BCUT2D eigenvalue weighted by Gasteiger charge is 2.51. The molecule has 1 aromatic rings. The molecule has 1 aromatic carbocycles. The van der Waals surface area contributed by atoms with Crippen LogP contribution in [0.5, 0.6) is 5.75 Å². The maximum Gasteiger partial charge on any atom is 0.334 e. The van der Waals surface area contributed by atoms with Crippen LogP contribution in [0.3, 0.4) is 0 Å². The molecule has 216 valence electrons. The van der Waals surface area contributed by atoms with Crippen LogP contribution in [-0.4, -0.2) is 93.6 Å². The first-order valence-electron chi connectivity index (χ1n) is 13.3. The highest BCUT2D eigenvalue weighted by molar-refractivity contribution is 5.91. The molecule has 2 aliphatic carbocycles. The molecule has 2 aliphatic heterocycles. The van der Waals surface area contributed by atoms with E-state index in [1.165, 1.54) is 12.1 Å². The first kappa shape index (κ1) is 28.5. The Kier molecular flexibility index (Phi) is 8.14. The molecule has 2 saturated heterocycles. The largest absolute Gasteiger partial charge is 0.508 e. The normalized spacial score (nSPS) is 35.5. The van der Waals surface area contributed by atoms with E-state index in [0.717, 1.165) is 16.7 Å².